The lowest BCUT2D eigenvalue weighted by Gasteiger charge is -2.27. The Kier molecular flexibility index (Phi) is 4.52. The number of fused-ring (bicyclic) bond motifs is 4. The summed E-state index contributed by atoms with van der Waals surface area (Å²) in [6.07, 6.45) is 0. The lowest BCUT2D eigenvalue weighted by atomic mass is 10.1. The van der Waals surface area contributed by atoms with Crippen LogP contribution in [0.25, 0.3) is 30.9 Å². The van der Waals surface area contributed by atoms with Gasteiger partial charge in [0.1, 0.15) is 0 Å². The molecule has 0 N–H and O–H groups in total. The summed E-state index contributed by atoms with van der Waals surface area (Å²) in [5.41, 5.74) is 3.52. The number of anilines is 3. The highest BCUT2D eigenvalue weighted by molar-refractivity contribution is 9.10. The monoisotopic (exact) mass is 479 g/mol. The van der Waals surface area contributed by atoms with E-state index in [2.05, 4.69) is 130 Å². The molecule has 1 heterocycles. The zero-order valence-electron chi connectivity index (χ0n) is 16.6. The number of hydrogen-bond donors (Lipinski definition) is 0. The summed E-state index contributed by atoms with van der Waals surface area (Å²) >= 11 is 5.54. The molecule has 6 aromatic rings. The van der Waals surface area contributed by atoms with Crippen molar-refractivity contribution >= 4 is 75.3 Å². The van der Waals surface area contributed by atoms with E-state index in [1.165, 1.54) is 42.3 Å². The molecular weight excluding hydrogens is 462 g/mol. The molecule has 0 atom stereocenters. The lowest BCUT2D eigenvalue weighted by Crippen LogP contribution is -2.10. The molecule has 148 valence electrons. The largest absolute Gasteiger partial charge is 0.308 e. The Morgan fingerprint density at radius 1 is 0.581 bits per heavy atom. The van der Waals surface area contributed by atoms with Gasteiger partial charge in [0.25, 0.3) is 0 Å². The predicted molar refractivity (Wildman–Crippen MR) is 139 cm³/mol. The predicted octanol–water partition coefficient (Wildman–Crippen LogP) is 9.44. The molecule has 6 rings (SSSR count). The first kappa shape index (κ1) is 18.6. The topological polar surface area (TPSA) is 3.24 Å². The molecule has 0 spiro atoms. The molecule has 5 aromatic carbocycles. The van der Waals surface area contributed by atoms with Crippen LogP contribution in [0.4, 0.5) is 17.1 Å². The number of hydrogen-bond acceptors (Lipinski definition) is 2. The maximum absolute atomic E-state index is 3.68. The first-order chi connectivity index (χ1) is 15.3. The Balaban J connectivity index is 1.71. The Labute approximate surface area is 193 Å². The molecule has 1 aromatic heterocycles. The summed E-state index contributed by atoms with van der Waals surface area (Å²) in [6, 6.07) is 39.0. The molecule has 3 heteroatoms. The number of thiophene rings is 1. The van der Waals surface area contributed by atoms with Crippen molar-refractivity contribution in [2.45, 2.75) is 0 Å². The fraction of sp³-hybridized carbons (Fsp3) is 0. The molecular formula is C28H18BrNS. The summed E-state index contributed by atoms with van der Waals surface area (Å²) in [6.45, 7) is 0. The SMILES string of the molecule is Brc1cccc(N(c2cccc3ccccc23)c2cccc3c2sc2ccccc23)c1. The van der Waals surface area contributed by atoms with E-state index in [-0.39, 0.29) is 0 Å². The van der Waals surface area contributed by atoms with E-state index in [4.69, 9.17) is 0 Å². The molecule has 31 heavy (non-hydrogen) atoms. The summed E-state index contributed by atoms with van der Waals surface area (Å²) in [4.78, 5) is 2.39. The van der Waals surface area contributed by atoms with Crippen LogP contribution in [0.2, 0.25) is 0 Å². The molecule has 0 bridgehead atoms. The molecule has 0 saturated carbocycles. The Morgan fingerprint density at radius 3 is 2.16 bits per heavy atom. The van der Waals surface area contributed by atoms with Gasteiger partial charge in [-0.2, -0.15) is 0 Å². The summed E-state index contributed by atoms with van der Waals surface area (Å²) < 4.78 is 3.69. The van der Waals surface area contributed by atoms with Gasteiger partial charge in [-0.1, -0.05) is 88.7 Å². The van der Waals surface area contributed by atoms with Gasteiger partial charge >= 0.3 is 0 Å². The van der Waals surface area contributed by atoms with Crippen molar-refractivity contribution in [1.82, 2.24) is 0 Å². The van der Waals surface area contributed by atoms with Crippen LogP contribution < -0.4 is 4.90 Å². The fourth-order valence-electron chi connectivity index (χ4n) is 4.33. The van der Waals surface area contributed by atoms with Gasteiger partial charge in [0.2, 0.25) is 0 Å². The Bertz CT molecular complexity index is 1560. The minimum absolute atomic E-state index is 1.07. The summed E-state index contributed by atoms with van der Waals surface area (Å²) in [5, 5.41) is 5.10. The van der Waals surface area contributed by atoms with Crippen molar-refractivity contribution in [3.05, 3.63) is 114 Å². The second-order valence-corrected chi connectivity index (χ2v) is 9.53. The molecule has 0 amide bonds. The van der Waals surface area contributed by atoms with Crippen molar-refractivity contribution in [2.75, 3.05) is 4.90 Å². The third-order valence-electron chi connectivity index (χ3n) is 5.70. The highest BCUT2D eigenvalue weighted by Gasteiger charge is 2.19. The van der Waals surface area contributed by atoms with Crippen LogP contribution in [0.3, 0.4) is 0 Å². The van der Waals surface area contributed by atoms with Gasteiger partial charge in [-0.3, -0.25) is 0 Å². The number of halogens is 1. The van der Waals surface area contributed by atoms with Gasteiger partial charge in [0.15, 0.2) is 0 Å². The fourth-order valence-corrected chi connectivity index (χ4v) is 5.93. The maximum Gasteiger partial charge on any atom is 0.0640 e. The van der Waals surface area contributed by atoms with Crippen molar-refractivity contribution in [3.63, 3.8) is 0 Å². The lowest BCUT2D eigenvalue weighted by molar-refractivity contribution is 1.31. The smallest absolute Gasteiger partial charge is 0.0640 e. The molecule has 0 aliphatic carbocycles. The molecule has 0 aliphatic rings. The van der Waals surface area contributed by atoms with Crippen molar-refractivity contribution < 1.29 is 0 Å². The third-order valence-corrected chi connectivity index (χ3v) is 7.40. The van der Waals surface area contributed by atoms with E-state index in [9.17, 15) is 0 Å². The molecule has 0 aliphatic heterocycles. The van der Waals surface area contributed by atoms with Crippen LogP contribution in [0.5, 0.6) is 0 Å². The zero-order valence-corrected chi connectivity index (χ0v) is 19.0. The van der Waals surface area contributed by atoms with Gasteiger partial charge in [0, 0.05) is 31.0 Å². The number of benzene rings is 5. The van der Waals surface area contributed by atoms with Crippen LogP contribution in [-0.2, 0) is 0 Å². The van der Waals surface area contributed by atoms with E-state index in [0.29, 0.717) is 0 Å². The van der Waals surface area contributed by atoms with Crippen LogP contribution in [0, 0.1) is 0 Å². The van der Waals surface area contributed by atoms with E-state index < -0.39 is 0 Å². The van der Waals surface area contributed by atoms with E-state index >= 15 is 0 Å². The maximum atomic E-state index is 3.68. The Morgan fingerprint density at radius 2 is 1.26 bits per heavy atom. The average molecular weight is 480 g/mol. The number of nitrogens with zero attached hydrogens (tertiary/aromatic N) is 1. The second-order valence-electron chi connectivity index (χ2n) is 7.57. The first-order valence-corrected chi connectivity index (χ1v) is 11.8. The Hall–Kier alpha value is -3.14. The minimum Gasteiger partial charge on any atom is -0.308 e. The molecule has 0 fully saturated rings. The van der Waals surface area contributed by atoms with Crippen molar-refractivity contribution in [2.24, 2.45) is 0 Å². The van der Waals surface area contributed by atoms with Crippen LogP contribution >= 0.6 is 27.3 Å². The van der Waals surface area contributed by atoms with E-state index in [1.807, 2.05) is 11.3 Å². The van der Waals surface area contributed by atoms with Crippen LogP contribution in [-0.4, -0.2) is 0 Å². The minimum atomic E-state index is 1.07. The molecule has 1 nitrogen and oxygen atoms in total. The average Bonchev–Trinajstić information content (AvgIpc) is 3.19. The highest BCUT2D eigenvalue weighted by atomic mass is 79.9. The quantitative estimate of drug-likeness (QED) is 0.244. The third kappa shape index (κ3) is 3.13. The van der Waals surface area contributed by atoms with Crippen LogP contribution in [0.15, 0.2) is 114 Å². The van der Waals surface area contributed by atoms with Crippen molar-refractivity contribution in [3.8, 4) is 0 Å². The van der Waals surface area contributed by atoms with Crippen LogP contribution in [0.1, 0.15) is 0 Å². The summed E-state index contributed by atoms with van der Waals surface area (Å²) in [7, 11) is 0. The van der Waals surface area contributed by atoms with Gasteiger partial charge in [0.05, 0.1) is 16.1 Å². The second kappa shape index (κ2) is 7.52. The summed E-state index contributed by atoms with van der Waals surface area (Å²) in [5.74, 6) is 0. The van der Waals surface area contributed by atoms with Crippen molar-refractivity contribution in [1.29, 1.82) is 0 Å². The van der Waals surface area contributed by atoms with E-state index in [0.717, 1.165) is 10.2 Å². The molecule has 0 unspecified atom stereocenters. The first-order valence-electron chi connectivity index (χ1n) is 10.2. The highest BCUT2D eigenvalue weighted by Crippen LogP contribution is 2.46. The van der Waals surface area contributed by atoms with Gasteiger partial charge in [-0.15, -0.1) is 11.3 Å². The normalized spacial score (nSPS) is 11.4. The van der Waals surface area contributed by atoms with Gasteiger partial charge in [-0.05, 0) is 41.8 Å². The molecule has 0 saturated heterocycles. The number of rotatable bonds is 3. The van der Waals surface area contributed by atoms with Gasteiger partial charge in [-0.25, -0.2) is 0 Å². The standard InChI is InChI=1S/C28H18BrNS/c29-20-10-6-11-21(18-20)30(25-15-5-9-19-8-1-2-12-22(19)25)26-16-7-14-24-23-13-3-4-17-27(23)31-28(24)26/h1-18H. The zero-order chi connectivity index (χ0) is 20.8. The molecule has 0 radical (unpaired) electrons. The van der Waals surface area contributed by atoms with E-state index in [1.54, 1.807) is 0 Å². The van der Waals surface area contributed by atoms with Gasteiger partial charge < -0.3 is 4.90 Å².